The zero-order valence-corrected chi connectivity index (χ0v) is 19.6. The van der Waals surface area contributed by atoms with Crippen molar-refractivity contribution in [2.45, 2.75) is 68.3 Å². The third kappa shape index (κ3) is 6.14. The molecule has 2 saturated heterocycles. The molecule has 1 N–H and O–H groups in total. The molecule has 0 aromatic heterocycles. The molecule has 0 spiro atoms. The van der Waals surface area contributed by atoms with Gasteiger partial charge in [-0.2, -0.15) is 0 Å². The van der Waals surface area contributed by atoms with Gasteiger partial charge >= 0.3 is 5.97 Å². The SMILES string of the molecule is COC[C@H]1O[C@@H](O[C@H]2[C@H](OC)[C@@H](OC)[C@@H](O)O[C@@H]2COC(C)=O)[C@H](OC)[C@@H](OC)[C@H]1OC. The Hall–Kier alpha value is -0.930. The van der Waals surface area contributed by atoms with Gasteiger partial charge in [0.15, 0.2) is 12.6 Å². The van der Waals surface area contributed by atoms with Crippen molar-refractivity contribution in [3.8, 4) is 0 Å². The fraction of sp³-hybridized carbons (Fsp3) is 0.950. The molecule has 32 heavy (non-hydrogen) atoms. The Bertz CT molecular complexity index is 563. The standard InChI is InChI=1S/C20H36O12/c1-10(21)29-9-12-14(16(26-5)17(27-6)19(22)30-12)32-20-18(28-7)15(25-4)13(24-3)11(31-20)8-23-2/h11-20,22H,8-9H2,1-7H3/t11-,12-,13+,14-,15+,16+,17-,18-,19+,20+/m1/s1. The van der Waals surface area contributed by atoms with Gasteiger partial charge in [-0.15, -0.1) is 0 Å². The maximum absolute atomic E-state index is 11.4. The average molecular weight is 468 g/mol. The first-order valence-corrected chi connectivity index (χ1v) is 10.3. The van der Waals surface area contributed by atoms with E-state index in [-0.39, 0.29) is 13.2 Å². The zero-order chi connectivity index (χ0) is 23.8. The fourth-order valence-corrected chi connectivity index (χ4v) is 4.15. The van der Waals surface area contributed by atoms with E-state index in [0.717, 1.165) is 0 Å². The summed E-state index contributed by atoms with van der Waals surface area (Å²) in [5.74, 6) is -0.504. The molecule has 0 bridgehead atoms. The van der Waals surface area contributed by atoms with Gasteiger partial charge in [-0.3, -0.25) is 4.79 Å². The number of hydrogen-bond donors (Lipinski definition) is 1. The van der Waals surface area contributed by atoms with Crippen molar-refractivity contribution in [1.82, 2.24) is 0 Å². The minimum Gasteiger partial charge on any atom is -0.463 e. The second-order valence-corrected chi connectivity index (χ2v) is 7.47. The minimum absolute atomic E-state index is 0.173. The summed E-state index contributed by atoms with van der Waals surface area (Å²) >= 11 is 0. The normalized spacial score (nSPS) is 40.2. The molecule has 0 aliphatic carbocycles. The molecule has 10 atom stereocenters. The van der Waals surface area contributed by atoms with Crippen LogP contribution in [0.25, 0.3) is 0 Å². The quantitative estimate of drug-likeness (QED) is 0.377. The van der Waals surface area contributed by atoms with Gasteiger partial charge in [-0.25, -0.2) is 0 Å². The number of ether oxygens (including phenoxy) is 10. The Labute approximate surface area is 188 Å². The molecule has 2 heterocycles. The first-order chi connectivity index (χ1) is 15.4. The van der Waals surface area contributed by atoms with Crippen LogP contribution >= 0.6 is 0 Å². The van der Waals surface area contributed by atoms with Crippen LogP contribution < -0.4 is 0 Å². The lowest BCUT2D eigenvalue weighted by atomic mass is 9.96. The molecule has 12 nitrogen and oxygen atoms in total. The second kappa shape index (κ2) is 13.1. The van der Waals surface area contributed by atoms with Crippen LogP contribution in [-0.2, 0) is 52.2 Å². The number of aliphatic hydroxyl groups excluding tert-OH is 1. The van der Waals surface area contributed by atoms with E-state index in [1.807, 2.05) is 0 Å². The topological polar surface area (TPSA) is 130 Å². The van der Waals surface area contributed by atoms with Gasteiger partial charge in [0.1, 0.15) is 55.4 Å². The van der Waals surface area contributed by atoms with Crippen molar-refractivity contribution >= 4 is 5.97 Å². The molecule has 0 unspecified atom stereocenters. The summed E-state index contributed by atoms with van der Waals surface area (Å²) < 4.78 is 56.3. The molecule has 2 aliphatic rings. The second-order valence-electron chi connectivity index (χ2n) is 7.47. The van der Waals surface area contributed by atoms with E-state index in [4.69, 9.17) is 47.4 Å². The van der Waals surface area contributed by atoms with Crippen LogP contribution in [0.2, 0.25) is 0 Å². The van der Waals surface area contributed by atoms with Gasteiger partial charge in [0.2, 0.25) is 0 Å². The third-order valence-electron chi connectivity index (χ3n) is 5.63. The van der Waals surface area contributed by atoms with Crippen LogP contribution in [0.4, 0.5) is 0 Å². The van der Waals surface area contributed by atoms with Crippen molar-refractivity contribution in [2.24, 2.45) is 0 Å². The predicted octanol–water partition coefficient (Wildman–Crippen LogP) is -0.902. The molecule has 0 amide bonds. The number of rotatable bonds is 11. The third-order valence-corrected chi connectivity index (χ3v) is 5.63. The number of methoxy groups -OCH3 is 6. The molecule has 0 saturated carbocycles. The zero-order valence-electron chi connectivity index (χ0n) is 19.6. The van der Waals surface area contributed by atoms with E-state index in [2.05, 4.69) is 0 Å². The molecule has 2 rings (SSSR count). The lowest BCUT2D eigenvalue weighted by molar-refractivity contribution is -0.363. The summed E-state index contributed by atoms with van der Waals surface area (Å²) in [6.07, 6.45) is -7.83. The number of hydrogen-bond acceptors (Lipinski definition) is 12. The monoisotopic (exact) mass is 468 g/mol. The first-order valence-electron chi connectivity index (χ1n) is 10.3. The molecule has 0 radical (unpaired) electrons. The Balaban J connectivity index is 2.33. The van der Waals surface area contributed by atoms with E-state index < -0.39 is 67.4 Å². The van der Waals surface area contributed by atoms with Crippen LogP contribution in [0.15, 0.2) is 0 Å². The summed E-state index contributed by atoms with van der Waals surface area (Å²) in [4.78, 5) is 11.4. The van der Waals surface area contributed by atoms with Gasteiger partial charge in [-0.1, -0.05) is 0 Å². The Morgan fingerprint density at radius 2 is 1.25 bits per heavy atom. The van der Waals surface area contributed by atoms with Gasteiger partial charge in [0.05, 0.1) is 6.61 Å². The fourth-order valence-electron chi connectivity index (χ4n) is 4.15. The number of carbonyl (C=O) groups excluding carboxylic acids is 1. The molecule has 2 aliphatic heterocycles. The molecular weight excluding hydrogens is 432 g/mol. The maximum atomic E-state index is 11.4. The van der Waals surface area contributed by atoms with Gasteiger partial charge in [-0.05, 0) is 0 Å². The number of aliphatic hydroxyl groups is 1. The summed E-state index contributed by atoms with van der Waals surface area (Å²) in [5, 5.41) is 10.4. The van der Waals surface area contributed by atoms with E-state index in [1.54, 1.807) is 14.2 Å². The van der Waals surface area contributed by atoms with Crippen molar-refractivity contribution in [3.05, 3.63) is 0 Å². The van der Waals surface area contributed by atoms with Crippen molar-refractivity contribution in [2.75, 3.05) is 55.9 Å². The molecule has 188 valence electrons. The van der Waals surface area contributed by atoms with Crippen molar-refractivity contribution in [1.29, 1.82) is 0 Å². The summed E-state index contributed by atoms with van der Waals surface area (Å²) in [5.41, 5.74) is 0. The lowest BCUT2D eigenvalue weighted by Gasteiger charge is -2.48. The summed E-state index contributed by atoms with van der Waals surface area (Å²) in [7, 11) is 9.01. The van der Waals surface area contributed by atoms with Crippen LogP contribution in [0.3, 0.4) is 0 Å². The highest BCUT2D eigenvalue weighted by atomic mass is 16.7. The van der Waals surface area contributed by atoms with Crippen LogP contribution in [0, 0.1) is 0 Å². The first kappa shape index (κ1) is 27.3. The van der Waals surface area contributed by atoms with Crippen molar-refractivity contribution < 1.29 is 57.3 Å². The van der Waals surface area contributed by atoms with Crippen molar-refractivity contribution in [3.63, 3.8) is 0 Å². The number of esters is 1. The van der Waals surface area contributed by atoms with Crippen LogP contribution in [0.1, 0.15) is 6.92 Å². The highest BCUT2D eigenvalue weighted by molar-refractivity contribution is 5.65. The predicted molar refractivity (Wildman–Crippen MR) is 107 cm³/mol. The van der Waals surface area contributed by atoms with E-state index in [0.29, 0.717) is 0 Å². The lowest BCUT2D eigenvalue weighted by Crippen LogP contribution is -2.66. The Morgan fingerprint density at radius 3 is 1.75 bits per heavy atom. The van der Waals surface area contributed by atoms with E-state index in [9.17, 15) is 9.90 Å². The molecular formula is C20H36O12. The van der Waals surface area contributed by atoms with E-state index >= 15 is 0 Å². The van der Waals surface area contributed by atoms with Gasteiger partial charge < -0.3 is 52.5 Å². The van der Waals surface area contributed by atoms with Gasteiger partial charge in [0.25, 0.3) is 0 Å². The molecule has 0 aromatic rings. The molecule has 2 fully saturated rings. The van der Waals surface area contributed by atoms with E-state index in [1.165, 1.54) is 35.4 Å². The molecule has 0 aromatic carbocycles. The Morgan fingerprint density at radius 1 is 0.719 bits per heavy atom. The average Bonchev–Trinajstić information content (AvgIpc) is 2.77. The summed E-state index contributed by atoms with van der Waals surface area (Å²) in [6.45, 7) is 1.32. The van der Waals surface area contributed by atoms with Crippen LogP contribution in [0.5, 0.6) is 0 Å². The summed E-state index contributed by atoms with van der Waals surface area (Å²) in [6, 6.07) is 0. The van der Waals surface area contributed by atoms with Gasteiger partial charge in [0, 0.05) is 49.6 Å². The Kier molecular flexibility index (Phi) is 11.2. The smallest absolute Gasteiger partial charge is 0.302 e. The maximum Gasteiger partial charge on any atom is 0.302 e. The minimum atomic E-state index is -1.32. The number of carbonyl (C=O) groups is 1. The largest absolute Gasteiger partial charge is 0.463 e. The highest BCUT2D eigenvalue weighted by Crippen LogP contribution is 2.33. The highest BCUT2D eigenvalue weighted by Gasteiger charge is 2.53. The molecule has 12 heteroatoms. The van der Waals surface area contributed by atoms with Crippen LogP contribution in [-0.4, -0.2) is 128 Å².